The Morgan fingerprint density at radius 3 is 1.50 bits per heavy atom. The molecule has 26 heteroatoms. The first-order valence-electron chi connectivity index (χ1n) is 18.7. The van der Waals surface area contributed by atoms with Gasteiger partial charge in [-0.3, -0.25) is 14.4 Å². The number of aromatic hydroxyl groups is 1. The molecular formula is C36H49F2N6O18+. The van der Waals surface area contributed by atoms with Crippen molar-refractivity contribution in [1.82, 2.24) is 26.6 Å². The van der Waals surface area contributed by atoms with Crippen LogP contribution in [0.3, 0.4) is 0 Å². The summed E-state index contributed by atoms with van der Waals surface area (Å²) in [5.74, 6) is -12.6. The number of nitrogens with one attached hydrogen (secondary N) is 5. The van der Waals surface area contributed by atoms with Gasteiger partial charge in [0.25, 0.3) is 0 Å². The maximum Gasteiger partial charge on any atom is 0.340 e. The van der Waals surface area contributed by atoms with Crippen molar-refractivity contribution in [3.8, 4) is 5.75 Å². The summed E-state index contributed by atoms with van der Waals surface area (Å²) in [7, 11) is 0. The lowest BCUT2D eigenvalue weighted by molar-refractivity contribution is -0.368. The Morgan fingerprint density at radius 1 is 0.677 bits per heavy atom. The number of carbonyl (C=O) groups is 9. The molecule has 62 heavy (non-hydrogen) atoms. The number of aryl methyl sites for hydroxylation is 1. The largest absolute Gasteiger partial charge is 0.503 e. The fourth-order valence-electron chi connectivity index (χ4n) is 5.38. The van der Waals surface area contributed by atoms with Crippen molar-refractivity contribution in [1.29, 1.82) is 0 Å². The molecule has 4 atom stereocenters. The molecule has 344 valence electrons. The zero-order chi connectivity index (χ0) is 47.3. The average Bonchev–Trinajstić information content (AvgIpc) is 3.18. The number of hydrogen-bond donors (Lipinski definition) is 13. The molecule has 24 nitrogen and oxygen atoms in total. The van der Waals surface area contributed by atoms with Crippen LogP contribution in [0.1, 0.15) is 75.3 Å². The third kappa shape index (κ3) is 18.4. The summed E-state index contributed by atoms with van der Waals surface area (Å²) in [5, 5.41) is 73.5. The Balaban J connectivity index is 0.000000740. The Bertz CT molecular complexity index is 2030. The highest BCUT2D eigenvalue weighted by atomic mass is 19.1. The smallest absolute Gasteiger partial charge is 0.340 e. The van der Waals surface area contributed by atoms with E-state index in [1.165, 1.54) is 6.92 Å². The minimum absolute atomic E-state index is 0.0444. The Morgan fingerprint density at radius 2 is 1.10 bits per heavy atom. The lowest BCUT2D eigenvalue weighted by atomic mass is 10.0. The van der Waals surface area contributed by atoms with E-state index in [-0.39, 0.29) is 55.2 Å². The normalized spacial score (nSPS) is 12.6. The predicted molar refractivity (Wildman–Crippen MR) is 204 cm³/mol. The van der Waals surface area contributed by atoms with Crippen LogP contribution in [0.25, 0.3) is 11.0 Å². The van der Waals surface area contributed by atoms with E-state index in [2.05, 4.69) is 27.0 Å². The van der Waals surface area contributed by atoms with Crippen LogP contribution in [0.15, 0.2) is 15.3 Å². The van der Waals surface area contributed by atoms with E-state index in [1.807, 2.05) is 5.32 Å². The molecule has 2 rings (SSSR count). The van der Waals surface area contributed by atoms with Gasteiger partial charge in [0.05, 0.1) is 18.5 Å². The van der Waals surface area contributed by atoms with E-state index in [4.69, 9.17) is 29.9 Å². The molecule has 0 unspecified atom stereocenters. The van der Waals surface area contributed by atoms with Gasteiger partial charge >= 0.3 is 53.5 Å². The summed E-state index contributed by atoms with van der Waals surface area (Å²) < 4.78 is 32.7. The van der Waals surface area contributed by atoms with Crippen molar-refractivity contribution < 1.29 is 97.8 Å². The molecule has 0 radical (unpaired) electrons. The van der Waals surface area contributed by atoms with Gasteiger partial charge in [0, 0.05) is 24.8 Å². The number of aliphatic carboxylic acids is 6. The second kappa shape index (κ2) is 26.2. The molecule has 0 spiro atoms. The van der Waals surface area contributed by atoms with Crippen molar-refractivity contribution in [3.63, 3.8) is 0 Å². The van der Waals surface area contributed by atoms with Crippen LogP contribution in [0.2, 0.25) is 0 Å². The summed E-state index contributed by atoms with van der Waals surface area (Å²) in [6, 6.07) is -6.78. The Hall–Kier alpha value is -7.12. The van der Waals surface area contributed by atoms with E-state index >= 15 is 0 Å². The number of amides is 5. The molecule has 1 heterocycles. The van der Waals surface area contributed by atoms with Crippen molar-refractivity contribution in [3.05, 3.63) is 39.2 Å². The molecule has 1 aromatic carbocycles. The van der Waals surface area contributed by atoms with Gasteiger partial charge in [-0.25, -0.2) is 38.0 Å². The van der Waals surface area contributed by atoms with Crippen LogP contribution in [-0.2, 0) is 40.0 Å². The van der Waals surface area contributed by atoms with E-state index in [9.17, 15) is 66.9 Å². The number of carbonyl (C=O) groups excluding carboxylic acids is 3. The minimum Gasteiger partial charge on any atom is -0.503 e. The van der Waals surface area contributed by atoms with Gasteiger partial charge in [-0.05, 0) is 69.9 Å². The van der Waals surface area contributed by atoms with E-state index in [0.717, 1.165) is 6.07 Å². The molecule has 0 saturated heterocycles. The number of carboxylic acids is 6. The van der Waals surface area contributed by atoms with Crippen LogP contribution >= 0.6 is 0 Å². The first kappa shape index (κ1) is 52.9. The van der Waals surface area contributed by atoms with Gasteiger partial charge < -0.3 is 72.5 Å². The predicted octanol–water partition coefficient (Wildman–Crippen LogP) is -0.546. The summed E-state index contributed by atoms with van der Waals surface area (Å²) >= 11 is 0. The fourth-order valence-corrected chi connectivity index (χ4v) is 5.38. The highest BCUT2D eigenvalue weighted by molar-refractivity contribution is 5.88. The number of benzene rings is 1. The third-order valence-corrected chi connectivity index (χ3v) is 8.73. The van der Waals surface area contributed by atoms with Crippen molar-refractivity contribution in [2.24, 2.45) is 0 Å². The molecule has 15 N–H and O–H groups in total. The topological polar surface area (TPSA) is 413 Å². The number of rotatable bonds is 25. The van der Waals surface area contributed by atoms with Crippen LogP contribution in [0.4, 0.5) is 18.4 Å². The molecule has 0 aliphatic rings. The summed E-state index contributed by atoms with van der Waals surface area (Å²) in [4.78, 5) is 114. The second-order valence-electron chi connectivity index (χ2n) is 13.4. The second-order valence-corrected chi connectivity index (χ2v) is 13.4. The van der Waals surface area contributed by atoms with Gasteiger partial charge in [0.15, 0.2) is 17.1 Å². The number of hydrogen-bond acceptors (Lipinski definition) is 12. The number of halogens is 2. The highest BCUT2D eigenvalue weighted by Gasteiger charge is 2.27. The molecule has 0 saturated carbocycles. The number of quaternary nitrogens is 1. The average molecular weight is 892 g/mol. The van der Waals surface area contributed by atoms with Gasteiger partial charge in [0.1, 0.15) is 24.2 Å². The number of phenolic OH excluding ortho intramolecular Hbond substituents is 1. The first-order chi connectivity index (χ1) is 29.0. The molecule has 1 aromatic heterocycles. The quantitative estimate of drug-likeness (QED) is 0.0439. The Kier molecular flexibility index (Phi) is 22.3. The maximum absolute atomic E-state index is 14.1. The van der Waals surface area contributed by atoms with Gasteiger partial charge in [-0.15, -0.1) is 0 Å². The highest BCUT2D eigenvalue weighted by Crippen LogP contribution is 2.30. The summed E-state index contributed by atoms with van der Waals surface area (Å²) in [5.41, 5.74) is 1.85. The number of fused-ring (bicyclic) bond motifs is 1. The van der Waals surface area contributed by atoms with Crippen LogP contribution < -0.4 is 37.9 Å². The fraction of sp³-hybridized carbons (Fsp3) is 0.500. The molecule has 0 bridgehead atoms. The molecule has 5 amide bonds. The summed E-state index contributed by atoms with van der Waals surface area (Å²) in [6.45, 7) is 2.05. The van der Waals surface area contributed by atoms with Crippen LogP contribution in [-0.4, -0.2) is 127 Å². The number of phenols is 1. The lowest BCUT2D eigenvalue weighted by Crippen LogP contribution is -2.51. The SMILES string of the molecule is Cc1c(CC(=O)NCCCC[C@H](NC(=O)N[C@@H](CCC(=O)O)C(=O)O)C(=O)O)c(=O)oc2c(F)c(O)c(F)cc12.[NH3+]CCCC[C@H](NC(=O)N[C@@H](CCC(=O)O)C(=O)O)C(=O)O. The number of urea groups is 2. The molecule has 0 aliphatic carbocycles. The van der Waals surface area contributed by atoms with E-state index in [1.54, 1.807) is 0 Å². The van der Waals surface area contributed by atoms with E-state index < -0.39 is 132 Å². The Labute approximate surface area is 348 Å². The molecular weight excluding hydrogens is 842 g/mol. The molecule has 2 aromatic rings. The van der Waals surface area contributed by atoms with E-state index in [0.29, 0.717) is 19.4 Å². The van der Waals surface area contributed by atoms with Gasteiger partial charge in [0.2, 0.25) is 11.7 Å². The summed E-state index contributed by atoms with van der Waals surface area (Å²) in [6.07, 6.45) is -0.333. The van der Waals surface area contributed by atoms with Crippen molar-refractivity contribution >= 4 is 64.8 Å². The minimum atomic E-state index is -1.54. The molecule has 0 aliphatic heterocycles. The molecule has 0 fully saturated rings. The van der Waals surface area contributed by atoms with Crippen molar-refractivity contribution in [2.45, 2.75) is 102 Å². The number of carboxylic acid groups (broad SMARTS) is 6. The zero-order valence-electron chi connectivity index (χ0n) is 33.2. The third-order valence-electron chi connectivity index (χ3n) is 8.73. The van der Waals surface area contributed by atoms with Crippen molar-refractivity contribution in [2.75, 3.05) is 13.1 Å². The van der Waals surface area contributed by atoms with Gasteiger partial charge in [-0.2, -0.15) is 4.39 Å². The van der Waals surface area contributed by atoms with Crippen LogP contribution in [0, 0.1) is 18.6 Å². The van der Waals surface area contributed by atoms with Gasteiger partial charge in [-0.1, -0.05) is 0 Å². The maximum atomic E-state index is 14.1. The zero-order valence-corrected chi connectivity index (χ0v) is 33.2. The monoisotopic (exact) mass is 891 g/mol. The van der Waals surface area contributed by atoms with Crippen LogP contribution in [0.5, 0.6) is 5.75 Å². The standard InChI is InChI=1S/C24H27F2N3O11.C12H21N3O7/c1-10-11-8-13(25)19(33)18(26)20(11)40-23(38)12(10)9-16(30)27-7-3-2-4-14(21(34)35)28-24(39)29-15(22(36)37)5-6-17(31)32;13-6-2-1-3-7(10(18)19)14-12(22)15-8(11(20)21)4-5-9(16)17/h8,14-15,33H,2-7,9H2,1H3,(H,27,30)(H,31,32)(H,34,35)(H,36,37)(H2,28,29,39);7-8H,1-6,13H2,(H,16,17)(H,18,19)(H,20,21)(H2,14,15,22)/p+1/t14-,15-;7-,8-/m00/s1. The lowest BCUT2D eigenvalue weighted by Gasteiger charge is -2.18. The number of unbranched alkanes of at least 4 members (excludes halogenated alkanes) is 2. The first-order valence-corrected chi connectivity index (χ1v) is 18.7.